The number of rotatable bonds is 4. The first-order valence-corrected chi connectivity index (χ1v) is 10.2. The van der Waals surface area contributed by atoms with Gasteiger partial charge in [0.05, 0.1) is 0 Å². The fourth-order valence-corrected chi connectivity index (χ4v) is 5.98. The van der Waals surface area contributed by atoms with Crippen molar-refractivity contribution < 1.29 is 19.5 Å². The maximum Gasteiger partial charge on any atom is 0.327 e. The highest BCUT2D eigenvalue weighted by atomic mass is 32.2. The number of nitrogens with one attached hydrogen (secondary N) is 1. The van der Waals surface area contributed by atoms with Crippen LogP contribution in [0.2, 0.25) is 0 Å². The maximum absolute atomic E-state index is 13.0. The molecule has 2 aliphatic rings. The number of amides is 2. The molecular formula is C21H23N3O4S. The molecule has 0 aromatic heterocycles. The molecule has 2 heterocycles. The van der Waals surface area contributed by atoms with Gasteiger partial charge in [0.15, 0.2) is 0 Å². The smallest absolute Gasteiger partial charge is 0.327 e. The number of β-lactam (4-membered cyclic amide) rings is 1. The Balaban J connectivity index is 1.59. The van der Waals surface area contributed by atoms with Crippen molar-refractivity contribution in [3.05, 3.63) is 48.0 Å². The van der Waals surface area contributed by atoms with Crippen molar-refractivity contribution in [2.45, 2.75) is 48.5 Å². The molecule has 2 aromatic rings. The first-order valence-electron chi connectivity index (χ1n) is 9.36. The molecule has 1 unspecified atom stereocenters. The Morgan fingerprint density at radius 3 is 2.52 bits per heavy atom. The summed E-state index contributed by atoms with van der Waals surface area (Å²) in [5.74, 6) is -1.90. The van der Waals surface area contributed by atoms with E-state index in [2.05, 4.69) is 5.32 Å². The molecule has 0 bridgehead atoms. The van der Waals surface area contributed by atoms with Gasteiger partial charge in [-0.2, -0.15) is 0 Å². The fourth-order valence-electron chi connectivity index (χ4n) is 4.33. The Kier molecular flexibility index (Phi) is 4.40. The van der Waals surface area contributed by atoms with Gasteiger partial charge in [0.2, 0.25) is 5.91 Å². The van der Waals surface area contributed by atoms with Crippen LogP contribution in [0, 0.1) is 0 Å². The SMILES string of the molecule is CC1(C)S[C@H]2N(C(=O)[C@]2(C)NC(=O)C(N)c2cccc3ccccc23)[C@H]1C(=O)O. The number of carboxylic acids is 1. The van der Waals surface area contributed by atoms with E-state index in [1.165, 1.54) is 16.7 Å². The molecule has 29 heavy (non-hydrogen) atoms. The summed E-state index contributed by atoms with van der Waals surface area (Å²) in [5.41, 5.74) is 5.75. The van der Waals surface area contributed by atoms with Crippen molar-refractivity contribution in [2.75, 3.05) is 0 Å². The number of hydrogen-bond donors (Lipinski definition) is 3. The third kappa shape index (κ3) is 2.81. The standard InChI is InChI=1S/C21H23N3O4S/c1-20(2)15(17(26)27)24-18(28)21(3,19(24)29-20)23-16(25)14(22)13-10-6-8-11-7-4-5-9-12(11)13/h4-10,14-15,19H,22H2,1-3H3,(H,23,25)(H,26,27)/t14?,15-,19+,21-/m0/s1. The van der Waals surface area contributed by atoms with Gasteiger partial charge in [0.1, 0.15) is 23.0 Å². The van der Waals surface area contributed by atoms with Gasteiger partial charge in [0, 0.05) is 4.75 Å². The maximum atomic E-state index is 13.0. The molecule has 0 saturated carbocycles. The minimum Gasteiger partial charge on any atom is -0.480 e. The van der Waals surface area contributed by atoms with Gasteiger partial charge in [-0.1, -0.05) is 42.5 Å². The lowest BCUT2D eigenvalue weighted by atomic mass is 9.85. The van der Waals surface area contributed by atoms with Crippen LogP contribution in [0.4, 0.5) is 0 Å². The van der Waals surface area contributed by atoms with E-state index in [0.29, 0.717) is 5.56 Å². The number of thioether (sulfide) groups is 1. The Hall–Kier alpha value is -2.58. The summed E-state index contributed by atoms with van der Waals surface area (Å²) in [4.78, 5) is 38.9. The van der Waals surface area contributed by atoms with E-state index < -0.39 is 45.5 Å². The number of nitrogens with zero attached hydrogens (tertiary/aromatic N) is 1. The van der Waals surface area contributed by atoms with Gasteiger partial charge >= 0.3 is 5.97 Å². The van der Waals surface area contributed by atoms with Gasteiger partial charge in [-0.15, -0.1) is 11.8 Å². The van der Waals surface area contributed by atoms with E-state index in [9.17, 15) is 19.5 Å². The zero-order valence-electron chi connectivity index (χ0n) is 16.4. The van der Waals surface area contributed by atoms with Crippen molar-refractivity contribution in [1.29, 1.82) is 0 Å². The predicted octanol–water partition coefficient (Wildman–Crippen LogP) is 1.86. The number of carbonyl (C=O) groups excluding carboxylic acids is 2. The molecule has 2 aromatic carbocycles. The van der Waals surface area contributed by atoms with Crippen LogP contribution in [0.3, 0.4) is 0 Å². The van der Waals surface area contributed by atoms with Gasteiger partial charge in [-0.25, -0.2) is 4.79 Å². The Bertz CT molecular complexity index is 1030. The molecule has 4 atom stereocenters. The zero-order valence-corrected chi connectivity index (χ0v) is 17.2. The number of aliphatic carboxylic acids is 1. The van der Waals surface area contributed by atoms with Crippen LogP contribution in [0.5, 0.6) is 0 Å². The highest BCUT2D eigenvalue weighted by molar-refractivity contribution is 8.01. The average Bonchev–Trinajstić information content (AvgIpc) is 2.96. The summed E-state index contributed by atoms with van der Waals surface area (Å²) >= 11 is 1.39. The van der Waals surface area contributed by atoms with Crippen LogP contribution in [0.1, 0.15) is 32.4 Å². The largest absolute Gasteiger partial charge is 0.480 e. The second-order valence-electron chi connectivity index (χ2n) is 8.26. The van der Waals surface area contributed by atoms with Gasteiger partial charge in [0.25, 0.3) is 5.91 Å². The Labute approximate surface area is 172 Å². The fraction of sp³-hybridized carbons (Fsp3) is 0.381. The molecule has 0 spiro atoms. The summed E-state index contributed by atoms with van der Waals surface area (Å²) in [6.07, 6.45) is 0. The third-order valence-corrected chi connectivity index (χ3v) is 7.59. The molecule has 152 valence electrons. The lowest BCUT2D eigenvalue weighted by Crippen LogP contribution is -2.78. The molecule has 4 rings (SSSR count). The normalized spacial score (nSPS) is 28.6. The predicted molar refractivity (Wildman–Crippen MR) is 111 cm³/mol. The monoisotopic (exact) mass is 413 g/mol. The number of nitrogens with two attached hydrogens (primary N) is 1. The van der Waals surface area contributed by atoms with E-state index in [1.54, 1.807) is 26.8 Å². The van der Waals surface area contributed by atoms with Crippen LogP contribution in [-0.2, 0) is 14.4 Å². The topological polar surface area (TPSA) is 113 Å². The van der Waals surface area contributed by atoms with Crippen LogP contribution in [0.15, 0.2) is 42.5 Å². The summed E-state index contributed by atoms with van der Waals surface area (Å²) < 4.78 is -0.660. The molecule has 2 fully saturated rings. The summed E-state index contributed by atoms with van der Waals surface area (Å²) in [6.45, 7) is 5.23. The third-order valence-electron chi connectivity index (χ3n) is 5.84. The second-order valence-corrected chi connectivity index (χ2v) is 10.00. The Morgan fingerprint density at radius 1 is 1.17 bits per heavy atom. The van der Waals surface area contributed by atoms with Crippen molar-refractivity contribution in [1.82, 2.24) is 10.2 Å². The first-order chi connectivity index (χ1) is 13.6. The number of fused-ring (bicyclic) bond motifs is 2. The van der Waals surface area contributed by atoms with Crippen LogP contribution in [0.25, 0.3) is 10.8 Å². The molecule has 0 aliphatic carbocycles. The summed E-state index contributed by atoms with van der Waals surface area (Å²) in [7, 11) is 0. The van der Waals surface area contributed by atoms with E-state index in [1.807, 2.05) is 36.4 Å². The minimum atomic E-state index is -1.19. The van der Waals surface area contributed by atoms with Crippen molar-refractivity contribution >= 4 is 40.3 Å². The number of hydrogen-bond acceptors (Lipinski definition) is 5. The van der Waals surface area contributed by atoms with E-state index in [0.717, 1.165) is 10.8 Å². The molecule has 2 aliphatic heterocycles. The number of benzene rings is 2. The molecule has 4 N–H and O–H groups in total. The van der Waals surface area contributed by atoms with Crippen molar-refractivity contribution in [3.8, 4) is 0 Å². The molecule has 2 saturated heterocycles. The van der Waals surface area contributed by atoms with Crippen molar-refractivity contribution in [3.63, 3.8) is 0 Å². The first kappa shape index (κ1) is 19.7. The van der Waals surface area contributed by atoms with Crippen molar-refractivity contribution in [2.24, 2.45) is 5.73 Å². The highest BCUT2D eigenvalue weighted by Gasteiger charge is 2.70. The molecule has 7 nitrogen and oxygen atoms in total. The van der Waals surface area contributed by atoms with E-state index >= 15 is 0 Å². The molecule has 8 heteroatoms. The summed E-state index contributed by atoms with van der Waals surface area (Å²) in [6, 6.07) is 11.4. The van der Waals surface area contributed by atoms with Crippen LogP contribution >= 0.6 is 11.8 Å². The van der Waals surface area contributed by atoms with E-state index in [-0.39, 0.29) is 0 Å². The number of carboxylic acid groups (broad SMARTS) is 1. The molecule has 2 amide bonds. The minimum absolute atomic E-state index is 0.397. The highest BCUT2D eigenvalue weighted by Crippen LogP contribution is 2.54. The quantitative estimate of drug-likeness (QED) is 0.660. The number of carbonyl (C=O) groups is 3. The Morgan fingerprint density at radius 2 is 1.83 bits per heavy atom. The molecular weight excluding hydrogens is 390 g/mol. The second kappa shape index (κ2) is 6.47. The van der Waals surface area contributed by atoms with Gasteiger partial charge in [-0.3, -0.25) is 9.59 Å². The molecule has 0 radical (unpaired) electrons. The van der Waals surface area contributed by atoms with Crippen LogP contribution < -0.4 is 11.1 Å². The summed E-state index contributed by atoms with van der Waals surface area (Å²) in [5, 5.41) is 13.8. The zero-order chi connectivity index (χ0) is 21.1. The van der Waals surface area contributed by atoms with Gasteiger partial charge in [-0.05, 0) is 37.1 Å². The average molecular weight is 413 g/mol. The lowest BCUT2D eigenvalue weighted by Gasteiger charge is -2.51. The van der Waals surface area contributed by atoms with Gasteiger partial charge < -0.3 is 21.1 Å². The van der Waals surface area contributed by atoms with Crippen LogP contribution in [-0.4, -0.2) is 49.5 Å². The lowest BCUT2D eigenvalue weighted by molar-refractivity contribution is -0.168. The van der Waals surface area contributed by atoms with E-state index in [4.69, 9.17) is 5.73 Å².